The van der Waals surface area contributed by atoms with Crippen LogP contribution in [-0.2, 0) is 6.42 Å². The highest BCUT2D eigenvalue weighted by molar-refractivity contribution is 6.36. The van der Waals surface area contributed by atoms with E-state index in [2.05, 4.69) is 25.1 Å². The van der Waals surface area contributed by atoms with Crippen molar-refractivity contribution in [3.8, 4) is 11.1 Å². The minimum absolute atomic E-state index is 0.824. The summed E-state index contributed by atoms with van der Waals surface area (Å²) in [5.74, 6) is 0. The predicted octanol–water partition coefficient (Wildman–Crippen LogP) is 5.43. The molecule has 2 heteroatoms. The van der Waals surface area contributed by atoms with Crippen molar-refractivity contribution >= 4 is 22.5 Å². The highest BCUT2D eigenvalue weighted by Gasteiger charge is 2.12. The van der Waals surface area contributed by atoms with Gasteiger partial charge in [0.25, 0.3) is 0 Å². The summed E-state index contributed by atoms with van der Waals surface area (Å²) in [5, 5.41) is 1.85. The molecule has 1 nitrogen and oxygen atoms in total. The molecular weight excluding hydrogens is 266 g/mol. The molecule has 3 rings (SSSR count). The van der Waals surface area contributed by atoms with Gasteiger partial charge in [0.15, 0.2) is 0 Å². The molecular formula is C18H16ClN. The Hall–Kier alpha value is -1.86. The number of aryl methyl sites for hydroxylation is 1. The van der Waals surface area contributed by atoms with Crippen LogP contribution in [0.1, 0.15) is 18.2 Å². The van der Waals surface area contributed by atoms with Crippen LogP contribution in [0.15, 0.2) is 48.5 Å². The lowest BCUT2D eigenvalue weighted by molar-refractivity contribution is 1.03. The van der Waals surface area contributed by atoms with Gasteiger partial charge in [0.2, 0.25) is 0 Å². The Labute approximate surface area is 124 Å². The van der Waals surface area contributed by atoms with Crippen molar-refractivity contribution in [2.75, 3.05) is 0 Å². The van der Waals surface area contributed by atoms with E-state index in [-0.39, 0.29) is 0 Å². The number of halogens is 1. The molecule has 0 fully saturated rings. The normalized spacial score (nSPS) is 10.9. The molecule has 0 saturated heterocycles. The number of nitrogens with zero attached hydrogens (tertiary/aromatic N) is 1. The van der Waals surface area contributed by atoms with Crippen molar-refractivity contribution in [1.29, 1.82) is 0 Å². The lowest BCUT2D eigenvalue weighted by Crippen LogP contribution is -1.96. The number of fused-ring (bicyclic) bond motifs is 1. The van der Waals surface area contributed by atoms with E-state index in [1.54, 1.807) is 0 Å². The van der Waals surface area contributed by atoms with E-state index >= 15 is 0 Å². The van der Waals surface area contributed by atoms with E-state index in [1.807, 2.05) is 37.3 Å². The maximum atomic E-state index is 6.53. The SMILES string of the molecule is CCc1nc2c(-c3ccccc3)cccc2c(Cl)c1C. The average molecular weight is 282 g/mol. The van der Waals surface area contributed by atoms with Crippen LogP contribution in [0, 0.1) is 6.92 Å². The van der Waals surface area contributed by atoms with Gasteiger partial charge in [-0.1, -0.05) is 67.1 Å². The molecule has 20 heavy (non-hydrogen) atoms. The van der Waals surface area contributed by atoms with Gasteiger partial charge in [0.05, 0.1) is 10.5 Å². The van der Waals surface area contributed by atoms with Crippen LogP contribution in [-0.4, -0.2) is 4.98 Å². The van der Waals surface area contributed by atoms with Gasteiger partial charge >= 0.3 is 0 Å². The molecule has 0 saturated carbocycles. The second-order valence-corrected chi connectivity index (χ2v) is 5.30. The van der Waals surface area contributed by atoms with E-state index in [0.717, 1.165) is 39.2 Å². The lowest BCUT2D eigenvalue weighted by Gasteiger charge is -2.12. The van der Waals surface area contributed by atoms with Gasteiger partial charge in [-0.3, -0.25) is 4.98 Å². The quantitative estimate of drug-likeness (QED) is 0.611. The summed E-state index contributed by atoms with van der Waals surface area (Å²) >= 11 is 6.53. The fraction of sp³-hybridized carbons (Fsp3) is 0.167. The van der Waals surface area contributed by atoms with E-state index in [4.69, 9.17) is 16.6 Å². The molecule has 100 valence electrons. The maximum absolute atomic E-state index is 6.53. The molecule has 0 atom stereocenters. The van der Waals surface area contributed by atoms with Crippen molar-refractivity contribution in [1.82, 2.24) is 4.98 Å². The predicted molar refractivity (Wildman–Crippen MR) is 86.3 cm³/mol. The van der Waals surface area contributed by atoms with Gasteiger partial charge in [-0.15, -0.1) is 0 Å². The van der Waals surface area contributed by atoms with Gasteiger partial charge in [-0.05, 0) is 24.5 Å². The van der Waals surface area contributed by atoms with Crippen molar-refractivity contribution in [2.24, 2.45) is 0 Å². The fourth-order valence-electron chi connectivity index (χ4n) is 2.58. The molecule has 1 heterocycles. The third-order valence-corrected chi connectivity index (χ3v) is 4.19. The van der Waals surface area contributed by atoms with Crippen molar-refractivity contribution < 1.29 is 0 Å². The highest BCUT2D eigenvalue weighted by Crippen LogP contribution is 2.33. The Kier molecular flexibility index (Phi) is 3.45. The highest BCUT2D eigenvalue weighted by atomic mass is 35.5. The molecule has 0 aliphatic rings. The number of para-hydroxylation sites is 1. The number of pyridine rings is 1. The maximum Gasteiger partial charge on any atom is 0.0798 e. The van der Waals surface area contributed by atoms with E-state index in [0.29, 0.717) is 0 Å². The zero-order valence-electron chi connectivity index (χ0n) is 11.7. The minimum Gasteiger partial charge on any atom is -0.252 e. The molecule has 2 aromatic carbocycles. The molecule has 0 aliphatic carbocycles. The second kappa shape index (κ2) is 5.26. The van der Waals surface area contributed by atoms with Crippen LogP contribution in [0.4, 0.5) is 0 Å². The van der Waals surface area contributed by atoms with Crippen molar-refractivity contribution in [2.45, 2.75) is 20.3 Å². The van der Waals surface area contributed by atoms with Gasteiger partial charge in [0.1, 0.15) is 0 Å². The number of aromatic nitrogens is 1. The summed E-state index contributed by atoms with van der Waals surface area (Å²) in [7, 11) is 0. The Morgan fingerprint density at radius 2 is 1.75 bits per heavy atom. The summed E-state index contributed by atoms with van der Waals surface area (Å²) < 4.78 is 0. The Morgan fingerprint density at radius 3 is 2.45 bits per heavy atom. The summed E-state index contributed by atoms with van der Waals surface area (Å²) in [6.45, 7) is 4.16. The molecule has 0 unspecified atom stereocenters. The summed E-state index contributed by atoms with van der Waals surface area (Å²) in [4.78, 5) is 4.85. The first-order valence-electron chi connectivity index (χ1n) is 6.85. The van der Waals surface area contributed by atoms with Crippen LogP contribution in [0.3, 0.4) is 0 Å². The van der Waals surface area contributed by atoms with E-state index in [9.17, 15) is 0 Å². The molecule has 0 N–H and O–H groups in total. The van der Waals surface area contributed by atoms with Crippen LogP contribution in [0.25, 0.3) is 22.0 Å². The average Bonchev–Trinajstić information content (AvgIpc) is 2.51. The summed E-state index contributed by atoms with van der Waals surface area (Å²) in [6, 6.07) is 16.5. The van der Waals surface area contributed by atoms with Crippen LogP contribution < -0.4 is 0 Å². The standard InChI is InChI=1S/C18H16ClN/c1-3-16-12(2)17(19)15-11-7-10-14(18(15)20-16)13-8-5-4-6-9-13/h4-11H,3H2,1-2H3. The zero-order valence-corrected chi connectivity index (χ0v) is 12.4. The number of benzene rings is 2. The lowest BCUT2D eigenvalue weighted by atomic mass is 10.00. The van der Waals surface area contributed by atoms with Gasteiger partial charge in [0, 0.05) is 16.6 Å². The van der Waals surface area contributed by atoms with Crippen LogP contribution >= 0.6 is 11.6 Å². The number of hydrogen-bond acceptors (Lipinski definition) is 1. The number of rotatable bonds is 2. The smallest absolute Gasteiger partial charge is 0.0798 e. The van der Waals surface area contributed by atoms with Crippen molar-refractivity contribution in [3.63, 3.8) is 0 Å². The van der Waals surface area contributed by atoms with Crippen LogP contribution in [0.2, 0.25) is 5.02 Å². The Morgan fingerprint density at radius 1 is 1.00 bits per heavy atom. The van der Waals surface area contributed by atoms with Gasteiger partial charge in [-0.2, -0.15) is 0 Å². The third-order valence-electron chi connectivity index (χ3n) is 3.70. The monoisotopic (exact) mass is 281 g/mol. The fourth-order valence-corrected chi connectivity index (χ4v) is 2.85. The van der Waals surface area contributed by atoms with Crippen LogP contribution in [0.5, 0.6) is 0 Å². The first-order chi connectivity index (χ1) is 9.72. The first-order valence-corrected chi connectivity index (χ1v) is 7.23. The second-order valence-electron chi connectivity index (χ2n) is 4.92. The third kappa shape index (κ3) is 2.08. The van der Waals surface area contributed by atoms with Gasteiger partial charge < -0.3 is 0 Å². The first kappa shape index (κ1) is 13.1. The van der Waals surface area contributed by atoms with E-state index < -0.39 is 0 Å². The molecule has 0 bridgehead atoms. The van der Waals surface area contributed by atoms with E-state index in [1.165, 1.54) is 5.56 Å². The molecule has 3 aromatic rings. The number of hydrogen-bond donors (Lipinski definition) is 0. The molecule has 0 aliphatic heterocycles. The minimum atomic E-state index is 0.824. The summed E-state index contributed by atoms with van der Waals surface area (Å²) in [6.07, 6.45) is 0.893. The molecule has 0 spiro atoms. The topological polar surface area (TPSA) is 12.9 Å². The Bertz CT molecular complexity index is 763. The van der Waals surface area contributed by atoms with Gasteiger partial charge in [-0.25, -0.2) is 0 Å². The Balaban J connectivity index is 2.38. The van der Waals surface area contributed by atoms with Crippen molar-refractivity contribution in [3.05, 3.63) is 64.8 Å². The molecule has 0 amide bonds. The largest absolute Gasteiger partial charge is 0.252 e. The summed E-state index contributed by atoms with van der Waals surface area (Å²) in [5.41, 5.74) is 5.47. The zero-order chi connectivity index (χ0) is 14.1. The molecule has 0 radical (unpaired) electrons. The molecule has 1 aromatic heterocycles.